The lowest BCUT2D eigenvalue weighted by Gasteiger charge is -2.10. The number of para-hydroxylation sites is 1. The molecule has 8 heteroatoms. The lowest BCUT2D eigenvalue weighted by molar-refractivity contribution is 0.413. The smallest absolute Gasteiger partial charge is 0.202 e. The monoisotopic (exact) mass is 430 g/mol. The van der Waals surface area contributed by atoms with Crippen LogP contribution in [-0.4, -0.2) is 27.0 Å². The van der Waals surface area contributed by atoms with Crippen LogP contribution in [0.25, 0.3) is 28.6 Å². The van der Waals surface area contributed by atoms with Crippen LogP contribution in [0.2, 0.25) is 0 Å². The average Bonchev–Trinajstić information content (AvgIpc) is 3.59. The van der Waals surface area contributed by atoms with E-state index in [9.17, 15) is 0 Å². The van der Waals surface area contributed by atoms with E-state index in [2.05, 4.69) is 15.4 Å². The second-order valence-corrected chi connectivity index (χ2v) is 7.60. The first-order valence-corrected chi connectivity index (χ1v) is 10.6. The first-order chi connectivity index (χ1) is 15.3. The van der Waals surface area contributed by atoms with Crippen molar-refractivity contribution in [3.63, 3.8) is 0 Å². The van der Waals surface area contributed by atoms with Gasteiger partial charge in [0.05, 0.1) is 19.1 Å². The Morgan fingerprint density at radius 2 is 1.77 bits per heavy atom. The van der Waals surface area contributed by atoms with E-state index in [4.69, 9.17) is 13.7 Å². The Morgan fingerprint density at radius 1 is 0.935 bits per heavy atom. The minimum atomic E-state index is 0.581. The lowest BCUT2D eigenvalue weighted by Crippen LogP contribution is -1.99. The van der Waals surface area contributed by atoms with Crippen LogP contribution < -0.4 is 4.74 Å². The van der Waals surface area contributed by atoms with Gasteiger partial charge in [0.2, 0.25) is 5.76 Å². The number of benzene rings is 2. The van der Waals surface area contributed by atoms with Crippen LogP contribution >= 0.6 is 11.8 Å². The van der Waals surface area contributed by atoms with Crippen molar-refractivity contribution in [2.24, 2.45) is 0 Å². The van der Waals surface area contributed by atoms with Crippen LogP contribution in [0.15, 0.2) is 93.2 Å². The van der Waals surface area contributed by atoms with E-state index < -0.39 is 0 Å². The highest BCUT2D eigenvalue weighted by atomic mass is 32.2. The van der Waals surface area contributed by atoms with E-state index in [0.717, 1.165) is 33.7 Å². The van der Waals surface area contributed by atoms with Crippen molar-refractivity contribution < 1.29 is 13.7 Å². The minimum Gasteiger partial charge on any atom is -0.497 e. The summed E-state index contributed by atoms with van der Waals surface area (Å²) in [6.07, 6.45) is 1.61. The Balaban J connectivity index is 1.45. The molecule has 5 rings (SSSR count). The molecular weight excluding hydrogens is 412 g/mol. The summed E-state index contributed by atoms with van der Waals surface area (Å²) in [5.74, 6) is 3.38. The van der Waals surface area contributed by atoms with E-state index in [1.807, 2.05) is 77.4 Å². The maximum atomic E-state index is 5.40. The van der Waals surface area contributed by atoms with Crippen LogP contribution in [0, 0.1) is 0 Å². The van der Waals surface area contributed by atoms with Gasteiger partial charge in [-0.2, -0.15) is 0 Å². The van der Waals surface area contributed by atoms with E-state index in [-0.39, 0.29) is 0 Å². The van der Waals surface area contributed by atoms with Crippen LogP contribution in [0.1, 0.15) is 5.69 Å². The molecule has 0 N–H and O–H groups in total. The quantitative estimate of drug-likeness (QED) is 0.316. The number of thioether (sulfide) groups is 1. The Kier molecular flexibility index (Phi) is 5.28. The molecule has 3 heterocycles. The van der Waals surface area contributed by atoms with E-state index in [1.165, 1.54) is 0 Å². The Bertz CT molecular complexity index is 1260. The van der Waals surface area contributed by atoms with E-state index in [0.29, 0.717) is 17.3 Å². The number of ether oxygens (including phenoxy) is 1. The Labute approximate surface area is 182 Å². The fourth-order valence-electron chi connectivity index (χ4n) is 3.15. The highest BCUT2D eigenvalue weighted by molar-refractivity contribution is 7.98. The molecule has 0 aliphatic rings. The van der Waals surface area contributed by atoms with Gasteiger partial charge >= 0.3 is 0 Å². The molecule has 0 bridgehead atoms. The SMILES string of the molecule is COc1ccc(-c2nnc(SCc3cc(-c4ccco4)on3)n2-c2ccccc2)cc1. The summed E-state index contributed by atoms with van der Waals surface area (Å²) in [5.41, 5.74) is 2.73. The number of methoxy groups -OCH3 is 1. The van der Waals surface area contributed by atoms with Gasteiger partial charge in [0, 0.05) is 23.1 Å². The summed E-state index contributed by atoms with van der Waals surface area (Å²) in [5, 5.41) is 13.8. The first-order valence-electron chi connectivity index (χ1n) is 9.59. The van der Waals surface area contributed by atoms with Gasteiger partial charge in [-0.15, -0.1) is 10.2 Å². The molecule has 0 amide bonds. The number of hydrogen-bond donors (Lipinski definition) is 0. The standard InChI is InChI=1S/C23H18N4O3S/c1-28-19-11-9-16(10-12-19)22-24-25-23(27(22)18-6-3-2-4-7-18)31-15-17-14-21(30-26-17)20-8-5-13-29-20/h2-14H,15H2,1H3. The van der Waals surface area contributed by atoms with Crippen molar-refractivity contribution in [3.8, 4) is 34.3 Å². The largest absolute Gasteiger partial charge is 0.497 e. The highest BCUT2D eigenvalue weighted by Gasteiger charge is 2.17. The third kappa shape index (κ3) is 3.97. The van der Waals surface area contributed by atoms with Crippen molar-refractivity contribution >= 4 is 11.8 Å². The summed E-state index contributed by atoms with van der Waals surface area (Å²) in [4.78, 5) is 0. The average molecular weight is 430 g/mol. The molecule has 3 aromatic heterocycles. The van der Waals surface area contributed by atoms with Gasteiger partial charge < -0.3 is 13.7 Å². The van der Waals surface area contributed by atoms with Crippen molar-refractivity contribution in [1.82, 2.24) is 19.9 Å². The number of furan rings is 1. The van der Waals surface area contributed by atoms with Crippen molar-refractivity contribution in [2.45, 2.75) is 10.9 Å². The molecule has 5 aromatic rings. The Hall–Kier alpha value is -3.78. The van der Waals surface area contributed by atoms with Crippen LogP contribution in [0.4, 0.5) is 0 Å². The van der Waals surface area contributed by atoms with Gasteiger partial charge in [-0.3, -0.25) is 4.57 Å². The maximum absolute atomic E-state index is 5.40. The van der Waals surface area contributed by atoms with Crippen molar-refractivity contribution in [3.05, 3.63) is 84.8 Å². The summed E-state index contributed by atoms with van der Waals surface area (Å²) >= 11 is 1.54. The van der Waals surface area contributed by atoms with Gasteiger partial charge in [-0.05, 0) is 48.5 Å². The fraction of sp³-hybridized carbons (Fsp3) is 0.0870. The summed E-state index contributed by atoms with van der Waals surface area (Å²) in [6.45, 7) is 0. The second kappa shape index (κ2) is 8.53. The Morgan fingerprint density at radius 3 is 2.52 bits per heavy atom. The molecule has 2 aromatic carbocycles. The normalized spacial score (nSPS) is 11.0. The predicted molar refractivity (Wildman–Crippen MR) is 117 cm³/mol. The van der Waals surface area contributed by atoms with E-state index in [1.54, 1.807) is 25.1 Å². The number of rotatable bonds is 7. The molecule has 0 radical (unpaired) electrons. The third-order valence-corrected chi connectivity index (χ3v) is 5.63. The molecule has 0 atom stereocenters. The molecule has 31 heavy (non-hydrogen) atoms. The highest BCUT2D eigenvalue weighted by Crippen LogP contribution is 2.31. The van der Waals surface area contributed by atoms with Crippen LogP contribution in [-0.2, 0) is 5.75 Å². The third-order valence-electron chi connectivity index (χ3n) is 4.67. The number of nitrogens with zero attached hydrogens (tertiary/aromatic N) is 4. The molecule has 0 unspecified atom stereocenters. The molecule has 0 saturated heterocycles. The topological polar surface area (TPSA) is 79.1 Å². The van der Waals surface area contributed by atoms with E-state index >= 15 is 0 Å². The molecule has 154 valence electrons. The summed E-state index contributed by atoms with van der Waals surface area (Å²) < 4.78 is 18.1. The minimum absolute atomic E-state index is 0.581. The molecule has 0 fully saturated rings. The molecule has 0 saturated carbocycles. The molecule has 0 spiro atoms. The number of aromatic nitrogens is 4. The van der Waals surface area contributed by atoms with Crippen LogP contribution in [0.5, 0.6) is 5.75 Å². The van der Waals surface area contributed by atoms with Gasteiger partial charge in [-0.1, -0.05) is 35.1 Å². The number of hydrogen-bond acceptors (Lipinski definition) is 7. The second-order valence-electron chi connectivity index (χ2n) is 6.65. The van der Waals surface area contributed by atoms with Gasteiger partial charge in [0.1, 0.15) is 5.75 Å². The molecule has 7 nitrogen and oxygen atoms in total. The summed E-state index contributed by atoms with van der Waals surface area (Å²) in [6, 6.07) is 23.4. The fourth-order valence-corrected chi connectivity index (χ4v) is 3.99. The zero-order valence-corrected chi connectivity index (χ0v) is 17.5. The molecular formula is C23H18N4O3S. The zero-order chi connectivity index (χ0) is 21.0. The predicted octanol–water partition coefficient (Wildman–Crippen LogP) is 5.48. The van der Waals surface area contributed by atoms with Crippen LogP contribution in [0.3, 0.4) is 0 Å². The maximum Gasteiger partial charge on any atom is 0.202 e. The molecule has 0 aliphatic carbocycles. The van der Waals surface area contributed by atoms with Gasteiger partial charge in [0.15, 0.2) is 16.7 Å². The van der Waals surface area contributed by atoms with Gasteiger partial charge in [-0.25, -0.2) is 0 Å². The van der Waals surface area contributed by atoms with Crippen molar-refractivity contribution in [2.75, 3.05) is 7.11 Å². The summed E-state index contributed by atoms with van der Waals surface area (Å²) in [7, 11) is 1.65. The van der Waals surface area contributed by atoms with Crippen molar-refractivity contribution in [1.29, 1.82) is 0 Å². The molecule has 0 aliphatic heterocycles. The van der Waals surface area contributed by atoms with Gasteiger partial charge in [0.25, 0.3) is 0 Å². The lowest BCUT2D eigenvalue weighted by atomic mass is 10.2. The first kappa shape index (κ1) is 19.2. The zero-order valence-electron chi connectivity index (χ0n) is 16.6.